The van der Waals surface area contributed by atoms with Crippen molar-refractivity contribution in [2.45, 2.75) is 0 Å². The molecule has 0 fully saturated rings. The zero-order chi connectivity index (χ0) is 5.54. The van der Waals surface area contributed by atoms with Gasteiger partial charge in [0, 0.05) is 0 Å². The Morgan fingerprint density at radius 3 is 1.62 bits per heavy atom. The number of rotatable bonds is 4. The predicted octanol–water partition coefficient (Wildman–Crippen LogP) is -0.860. The van der Waals surface area contributed by atoms with Gasteiger partial charge in [-0.1, -0.05) is 0 Å². The van der Waals surface area contributed by atoms with Gasteiger partial charge in [0.1, 0.15) is 0 Å². The van der Waals surface area contributed by atoms with E-state index in [1.54, 1.807) is 0 Å². The lowest BCUT2D eigenvalue weighted by Gasteiger charge is -1.94. The molecule has 0 rings (SSSR count). The monoisotopic (exact) mass is 126 g/mol. The summed E-state index contributed by atoms with van der Waals surface area (Å²) in [7, 11) is 0. The minimum Gasteiger partial charge on any atom is -0.394 e. The summed E-state index contributed by atoms with van der Waals surface area (Å²) in [4.78, 5) is 0. The summed E-state index contributed by atoms with van der Waals surface area (Å²) in [6.07, 6.45) is 0. The molecule has 0 saturated carbocycles. The van der Waals surface area contributed by atoms with E-state index in [4.69, 9.17) is 10.2 Å². The van der Waals surface area contributed by atoms with Crippen LogP contribution >= 0.6 is 0 Å². The summed E-state index contributed by atoms with van der Waals surface area (Å²) in [5.74, 6) is 0. The van der Waals surface area contributed by atoms with Crippen LogP contribution in [0.1, 0.15) is 0 Å². The minimum absolute atomic E-state index is 0. The van der Waals surface area contributed by atoms with Crippen molar-refractivity contribution in [2.24, 2.45) is 0 Å². The van der Waals surface area contributed by atoms with Crippen LogP contribution in [0.4, 0.5) is 4.70 Å². The van der Waals surface area contributed by atoms with Crippen molar-refractivity contribution in [3.8, 4) is 0 Å². The lowest BCUT2D eigenvalue weighted by Crippen LogP contribution is -2.03. The Kier molecular flexibility index (Phi) is 13.3. The van der Waals surface area contributed by atoms with E-state index in [-0.39, 0.29) is 17.9 Å². The van der Waals surface area contributed by atoms with Crippen LogP contribution in [0.5, 0.6) is 0 Å². The van der Waals surface area contributed by atoms with Crippen molar-refractivity contribution in [2.75, 3.05) is 26.4 Å². The molecule has 0 aliphatic rings. The molecule has 0 aromatic carbocycles. The van der Waals surface area contributed by atoms with Crippen LogP contribution in [0.15, 0.2) is 0 Å². The molecule has 52 valence electrons. The molecule has 4 heteroatoms. The molecule has 8 heavy (non-hydrogen) atoms. The summed E-state index contributed by atoms with van der Waals surface area (Å²) in [6.45, 7) is 0.696. The summed E-state index contributed by atoms with van der Waals surface area (Å²) in [5, 5.41) is 16.2. The van der Waals surface area contributed by atoms with E-state index in [0.29, 0.717) is 13.2 Å². The molecule has 0 bridgehead atoms. The van der Waals surface area contributed by atoms with Crippen molar-refractivity contribution in [1.29, 1.82) is 0 Å². The highest BCUT2D eigenvalue weighted by Gasteiger charge is 1.79. The van der Waals surface area contributed by atoms with E-state index < -0.39 is 0 Å². The molecule has 0 radical (unpaired) electrons. The van der Waals surface area contributed by atoms with Crippen LogP contribution in [-0.4, -0.2) is 36.6 Å². The summed E-state index contributed by atoms with van der Waals surface area (Å²) >= 11 is 0. The van der Waals surface area contributed by atoms with Crippen LogP contribution in [0.25, 0.3) is 0 Å². The predicted molar refractivity (Wildman–Crippen MR) is 27.5 cm³/mol. The van der Waals surface area contributed by atoms with E-state index >= 15 is 0 Å². The van der Waals surface area contributed by atoms with Gasteiger partial charge in [-0.2, -0.15) is 0 Å². The van der Waals surface area contributed by atoms with Crippen molar-refractivity contribution < 1.29 is 19.7 Å². The first-order valence-corrected chi connectivity index (χ1v) is 2.21. The number of hydrogen-bond donors (Lipinski definition) is 2. The van der Waals surface area contributed by atoms with Crippen molar-refractivity contribution in [3.63, 3.8) is 0 Å². The molecule has 0 spiro atoms. The van der Waals surface area contributed by atoms with Gasteiger partial charge in [-0.25, -0.2) is 0 Å². The number of aliphatic hydroxyl groups excluding tert-OH is 2. The fourth-order valence-electron chi connectivity index (χ4n) is 0.231. The maximum absolute atomic E-state index is 8.09. The normalized spacial score (nSPS) is 8.25. The van der Waals surface area contributed by atoms with Gasteiger partial charge in [-0.15, -0.1) is 0 Å². The lowest BCUT2D eigenvalue weighted by molar-refractivity contribution is 0.0650. The molecule has 0 amide bonds. The number of hydrogen-bond acceptors (Lipinski definition) is 3. The molecule has 3 nitrogen and oxygen atoms in total. The number of ether oxygens (including phenoxy) is 1. The highest BCUT2D eigenvalue weighted by atomic mass is 19.0. The van der Waals surface area contributed by atoms with E-state index in [0.717, 1.165) is 0 Å². The van der Waals surface area contributed by atoms with Gasteiger partial charge in [0.25, 0.3) is 0 Å². The third kappa shape index (κ3) is 9.26. The van der Waals surface area contributed by atoms with Gasteiger partial charge in [0.2, 0.25) is 0 Å². The van der Waals surface area contributed by atoms with E-state index in [9.17, 15) is 0 Å². The van der Waals surface area contributed by atoms with Gasteiger partial charge in [0.05, 0.1) is 26.4 Å². The Bertz CT molecular complexity index is 30.5. The SMILES string of the molecule is F.OCCOCCO. The van der Waals surface area contributed by atoms with Gasteiger partial charge >= 0.3 is 0 Å². The van der Waals surface area contributed by atoms with Gasteiger partial charge in [0.15, 0.2) is 0 Å². The summed E-state index contributed by atoms with van der Waals surface area (Å²) in [6, 6.07) is 0. The van der Waals surface area contributed by atoms with Crippen molar-refractivity contribution in [3.05, 3.63) is 0 Å². The fourth-order valence-corrected chi connectivity index (χ4v) is 0.231. The second-order valence-corrected chi connectivity index (χ2v) is 1.06. The van der Waals surface area contributed by atoms with Crippen LogP contribution in [0.3, 0.4) is 0 Å². The Balaban J connectivity index is 0. The third-order valence-corrected chi connectivity index (χ3v) is 0.471. The largest absolute Gasteiger partial charge is 0.394 e. The van der Waals surface area contributed by atoms with Gasteiger partial charge in [-0.05, 0) is 0 Å². The zero-order valence-corrected chi connectivity index (χ0v) is 4.54. The first-order valence-electron chi connectivity index (χ1n) is 2.21. The Hall–Kier alpha value is -0.190. The second kappa shape index (κ2) is 9.94. The molecule has 0 unspecified atom stereocenters. The molecule has 0 saturated heterocycles. The standard InChI is InChI=1S/C4H10O3.FH/c5-1-3-7-4-2-6;/h5-6H,1-4H2;1H. The number of aliphatic hydroxyl groups is 2. The minimum atomic E-state index is 0. The van der Waals surface area contributed by atoms with Crippen molar-refractivity contribution in [1.82, 2.24) is 0 Å². The Morgan fingerprint density at radius 2 is 1.38 bits per heavy atom. The summed E-state index contributed by atoms with van der Waals surface area (Å²) in [5.41, 5.74) is 0. The maximum atomic E-state index is 8.09. The molecule has 0 aromatic heterocycles. The number of halogens is 1. The second-order valence-electron chi connectivity index (χ2n) is 1.06. The smallest absolute Gasteiger partial charge is 0.0698 e. The van der Waals surface area contributed by atoms with Crippen LogP contribution in [0.2, 0.25) is 0 Å². The van der Waals surface area contributed by atoms with E-state index in [2.05, 4.69) is 4.74 Å². The van der Waals surface area contributed by atoms with Crippen LogP contribution in [-0.2, 0) is 4.74 Å². The average molecular weight is 126 g/mol. The highest BCUT2D eigenvalue weighted by molar-refractivity contribution is 4.24. The zero-order valence-electron chi connectivity index (χ0n) is 4.54. The van der Waals surface area contributed by atoms with Crippen molar-refractivity contribution >= 4 is 0 Å². The maximum Gasteiger partial charge on any atom is 0.0698 e. The highest BCUT2D eigenvalue weighted by Crippen LogP contribution is 1.68. The molecule has 0 aromatic rings. The molecular weight excluding hydrogens is 115 g/mol. The topological polar surface area (TPSA) is 49.7 Å². The first-order chi connectivity index (χ1) is 3.41. The molecule has 0 heterocycles. The van der Waals surface area contributed by atoms with Gasteiger partial charge in [-0.3, -0.25) is 4.70 Å². The molecule has 0 atom stereocenters. The van der Waals surface area contributed by atoms with Crippen LogP contribution < -0.4 is 0 Å². The first kappa shape index (κ1) is 10.7. The molecular formula is C4H11FO3. The summed E-state index contributed by atoms with van der Waals surface area (Å²) < 4.78 is 4.63. The third-order valence-electron chi connectivity index (χ3n) is 0.471. The molecule has 0 aliphatic heterocycles. The lowest BCUT2D eigenvalue weighted by atomic mass is 10.7. The fraction of sp³-hybridized carbons (Fsp3) is 1.00. The van der Waals surface area contributed by atoms with Crippen LogP contribution in [0, 0.1) is 0 Å². The quantitative estimate of drug-likeness (QED) is 0.482. The Labute approximate surface area is 47.3 Å². The molecule has 2 N–H and O–H groups in total. The molecule has 0 aliphatic carbocycles. The van der Waals surface area contributed by atoms with E-state index in [1.165, 1.54) is 0 Å². The van der Waals surface area contributed by atoms with E-state index in [1.807, 2.05) is 0 Å². The average Bonchev–Trinajstić information content (AvgIpc) is 1.69. The Morgan fingerprint density at radius 1 is 1.00 bits per heavy atom. The van der Waals surface area contributed by atoms with Gasteiger partial charge < -0.3 is 14.9 Å².